The molecule has 29 heavy (non-hydrogen) atoms. The first-order valence-electron chi connectivity index (χ1n) is 9.63. The van der Waals surface area contributed by atoms with E-state index in [0.717, 1.165) is 29.5 Å². The molecular weight excluding hydrogens is 368 g/mol. The second-order valence-electron chi connectivity index (χ2n) is 7.21. The maximum Gasteiger partial charge on any atom is 0.336 e. The molecule has 0 atom stereocenters. The summed E-state index contributed by atoms with van der Waals surface area (Å²) in [6.07, 6.45) is 0.876. The molecule has 0 saturated heterocycles. The number of carbonyl (C=O) groups is 1. The number of nitrogens with one attached hydrogen (secondary N) is 1. The minimum atomic E-state index is -0.421. The molecule has 0 aliphatic carbocycles. The van der Waals surface area contributed by atoms with Crippen LogP contribution in [0.4, 0.5) is 0 Å². The Balaban J connectivity index is 1.77. The van der Waals surface area contributed by atoms with Crippen molar-refractivity contribution < 1.29 is 13.9 Å². The molecular formula is C23H26N2O4. The fourth-order valence-corrected chi connectivity index (χ4v) is 3.17. The van der Waals surface area contributed by atoms with Crippen LogP contribution < -0.4 is 15.7 Å². The number of aryl methyl sites for hydroxylation is 1. The van der Waals surface area contributed by atoms with E-state index in [-0.39, 0.29) is 12.5 Å². The summed E-state index contributed by atoms with van der Waals surface area (Å²) < 4.78 is 11.1. The fourth-order valence-electron chi connectivity index (χ4n) is 3.17. The van der Waals surface area contributed by atoms with E-state index >= 15 is 0 Å². The van der Waals surface area contributed by atoms with Crippen molar-refractivity contribution in [2.45, 2.75) is 13.3 Å². The molecule has 0 spiro atoms. The van der Waals surface area contributed by atoms with Crippen LogP contribution in [0.3, 0.4) is 0 Å². The van der Waals surface area contributed by atoms with Gasteiger partial charge in [-0.1, -0.05) is 30.3 Å². The molecule has 1 N–H and O–H groups in total. The average molecular weight is 394 g/mol. The maximum atomic E-state index is 12.1. The highest BCUT2D eigenvalue weighted by atomic mass is 16.5. The van der Waals surface area contributed by atoms with Gasteiger partial charge in [-0.15, -0.1) is 0 Å². The van der Waals surface area contributed by atoms with Gasteiger partial charge in [0.25, 0.3) is 5.91 Å². The van der Waals surface area contributed by atoms with E-state index in [0.29, 0.717) is 23.4 Å². The monoisotopic (exact) mass is 394 g/mol. The molecule has 1 amide bonds. The average Bonchev–Trinajstić information content (AvgIpc) is 2.71. The van der Waals surface area contributed by atoms with Crippen LogP contribution in [0, 0.1) is 6.92 Å². The molecule has 0 unspecified atom stereocenters. The van der Waals surface area contributed by atoms with Crippen LogP contribution in [-0.2, 0) is 4.79 Å². The molecule has 0 radical (unpaired) electrons. The Bertz CT molecular complexity index is 1040. The number of hydrogen-bond donors (Lipinski definition) is 1. The lowest BCUT2D eigenvalue weighted by Gasteiger charge is -2.13. The highest BCUT2D eigenvalue weighted by Gasteiger charge is 2.14. The van der Waals surface area contributed by atoms with E-state index in [4.69, 9.17) is 9.15 Å². The van der Waals surface area contributed by atoms with E-state index < -0.39 is 5.63 Å². The third-order valence-electron chi connectivity index (χ3n) is 4.66. The SMILES string of the molecule is Cc1c(OCC(=O)NCCCN(C)C)ccc2c(-c3ccccc3)cc(=O)oc12. The third kappa shape index (κ3) is 5.23. The summed E-state index contributed by atoms with van der Waals surface area (Å²) in [4.78, 5) is 26.2. The molecule has 2 aromatic carbocycles. The minimum absolute atomic E-state index is 0.0864. The third-order valence-corrected chi connectivity index (χ3v) is 4.66. The second-order valence-corrected chi connectivity index (χ2v) is 7.21. The Kier molecular flexibility index (Phi) is 6.67. The normalized spacial score (nSPS) is 11.0. The summed E-state index contributed by atoms with van der Waals surface area (Å²) in [5.41, 5.74) is 2.49. The van der Waals surface area contributed by atoms with Gasteiger partial charge in [0.15, 0.2) is 6.61 Å². The Morgan fingerprint density at radius 2 is 1.90 bits per heavy atom. The number of carbonyl (C=O) groups excluding carboxylic acids is 1. The minimum Gasteiger partial charge on any atom is -0.483 e. The van der Waals surface area contributed by atoms with E-state index in [9.17, 15) is 9.59 Å². The Morgan fingerprint density at radius 1 is 1.14 bits per heavy atom. The molecule has 6 heteroatoms. The van der Waals surface area contributed by atoms with Gasteiger partial charge in [0.1, 0.15) is 11.3 Å². The van der Waals surface area contributed by atoms with Crippen LogP contribution >= 0.6 is 0 Å². The van der Waals surface area contributed by atoms with Gasteiger partial charge in [0, 0.05) is 23.6 Å². The number of amides is 1. The summed E-state index contributed by atoms with van der Waals surface area (Å²) in [6, 6.07) is 14.9. The molecule has 6 nitrogen and oxygen atoms in total. The first kappa shape index (κ1) is 20.6. The van der Waals surface area contributed by atoms with E-state index in [1.165, 1.54) is 6.07 Å². The van der Waals surface area contributed by atoms with Gasteiger partial charge in [0.2, 0.25) is 0 Å². The summed E-state index contributed by atoms with van der Waals surface area (Å²) in [7, 11) is 3.99. The first-order valence-corrected chi connectivity index (χ1v) is 9.63. The van der Waals surface area contributed by atoms with E-state index in [1.54, 1.807) is 0 Å². The summed E-state index contributed by atoms with van der Waals surface area (Å²) in [5, 5.41) is 3.67. The lowest BCUT2D eigenvalue weighted by molar-refractivity contribution is -0.123. The number of ether oxygens (including phenoxy) is 1. The predicted octanol–water partition coefficient (Wildman–Crippen LogP) is 3.22. The standard InChI is InChI=1S/C23H26N2O4/c1-16-20(28-15-21(26)24-12-7-13-25(2)3)11-10-18-19(14-22(27)29-23(16)18)17-8-5-4-6-9-17/h4-6,8-11,14H,7,12-13,15H2,1-3H3,(H,24,26). The van der Waals surface area contributed by atoms with Gasteiger partial charge >= 0.3 is 5.63 Å². The molecule has 152 valence electrons. The molecule has 3 rings (SSSR count). The zero-order valence-electron chi connectivity index (χ0n) is 17.0. The van der Waals surface area contributed by atoms with Crippen molar-refractivity contribution >= 4 is 16.9 Å². The number of benzene rings is 2. The lowest BCUT2D eigenvalue weighted by Crippen LogP contribution is -2.31. The summed E-state index contributed by atoms with van der Waals surface area (Å²) >= 11 is 0. The van der Waals surface area contributed by atoms with Crippen molar-refractivity contribution in [2.75, 3.05) is 33.8 Å². The second kappa shape index (κ2) is 9.39. The highest BCUT2D eigenvalue weighted by molar-refractivity contribution is 5.95. The maximum absolute atomic E-state index is 12.1. The van der Waals surface area contributed by atoms with Crippen molar-refractivity contribution in [1.82, 2.24) is 10.2 Å². The quantitative estimate of drug-likeness (QED) is 0.469. The van der Waals surface area contributed by atoms with Gasteiger partial charge in [0.05, 0.1) is 0 Å². The van der Waals surface area contributed by atoms with Crippen LogP contribution in [0.1, 0.15) is 12.0 Å². The van der Waals surface area contributed by atoms with Crippen molar-refractivity contribution in [3.8, 4) is 16.9 Å². The molecule has 0 aliphatic heterocycles. The summed E-state index contributed by atoms with van der Waals surface area (Å²) in [6.45, 7) is 3.25. The van der Waals surface area contributed by atoms with E-state index in [1.807, 2.05) is 63.5 Å². The topological polar surface area (TPSA) is 71.8 Å². The van der Waals surface area contributed by atoms with Crippen molar-refractivity contribution in [3.05, 3.63) is 64.5 Å². The lowest BCUT2D eigenvalue weighted by atomic mass is 10.0. The molecule has 3 aromatic rings. The van der Waals surface area contributed by atoms with Gasteiger partial charge in [-0.2, -0.15) is 0 Å². The molecule has 0 bridgehead atoms. The molecule has 0 fully saturated rings. The Hall–Kier alpha value is -3.12. The summed E-state index contributed by atoms with van der Waals surface area (Å²) in [5.74, 6) is 0.344. The zero-order chi connectivity index (χ0) is 20.8. The van der Waals surface area contributed by atoms with Gasteiger partial charge < -0.3 is 19.4 Å². The predicted molar refractivity (Wildman–Crippen MR) is 114 cm³/mol. The smallest absolute Gasteiger partial charge is 0.336 e. The van der Waals surface area contributed by atoms with Crippen LogP contribution in [0.5, 0.6) is 5.75 Å². The number of fused-ring (bicyclic) bond motifs is 1. The molecule has 0 aliphatic rings. The molecule has 1 heterocycles. The highest BCUT2D eigenvalue weighted by Crippen LogP contribution is 2.32. The Labute approximate surface area is 170 Å². The fraction of sp³-hybridized carbons (Fsp3) is 0.304. The van der Waals surface area contributed by atoms with Gasteiger partial charge in [-0.05, 0) is 57.2 Å². The van der Waals surface area contributed by atoms with Crippen molar-refractivity contribution in [1.29, 1.82) is 0 Å². The largest absolute Gasteiger partial charge is 0.483 e. The van der Waals surface area contributed by atoms with Gasteiger partial charge in [-0.25, -0.2) is 4.79 Å². The van der Waals surface area contributed by atoms with Crippen LogP contribution in [0.2, 0.25) is 0 Å². The van der Waals surface area contributed by atoms with Gasteiger partial charge in [-0.3, -0.25) is 4.79 Å². The first-order chi connectivity index (χ1) is 14.0. The number of rotatable bonds is 8. The van der Waals surface area contributed by atoms with Crippen LogP contribution in [-0.4, -0.2) is 44.6 Å². The molecule has 1 aromatic heterocycles. The number of hydrogen-bond acceptors (Lipinski definition) is 5. The van der Waals surface area contributed by atoms with Crippen molar-refractivity contribution in [3.63, 3.8) is 0 Å². The van der Waals surface area contributed by atoms with Crippen molar-refractivity contribution in [2.24, 2.45) is 0 Å². The van der Waals surface area contributed by atoms with Crippen LogP contribution in [0.25, 0.3) is 22.1 Å². The number of nitrogens with zero attached hydrogens (tertiary/aromatic N) is 1. The zero-order valence-corrected chi connectivity index (χ0v) is 17.0. The Morgan fingerprint density at radius 3 is 2.62 bits per heavy atom. The van der Waals surface area contributed by atoms with E-state index in [2.05, 4.69) is 10.2 Å². The molecule has 0 saturated carbocycles. The van der Waals surface area contributed by atoms with Crippen LogP contribution in [0.15, 0.2) is 57.7 Å².